The van der Waals surface area contributed by atoms with Crippen LogP contribution in [-0.2, 0) is 14.3 Å². The van der Waals surface area contributed by atoms with E-state index in [2.05, 4.69) is 0 Å². The quantitative estimate of drug-likeness (QED) is 0.735. The van der Waals surface area contributed by atoms with Crippen LogP contribution in [0.2, 0.25) is 0 Å². The maximum absolute atomic E-state index is 11.9. The summed E-state index contributed by atoms with van der Waals surface area (Å²) in [5, 5.41) is 8.77. The molecule has 1 unspecified atom stereocenters. The molecule has 19 heavy (non-hydrogen) atoms. The lowest BCUT2D eigenvalue weighted by Crippen LogP contribution is -2.37. The van der Waals surface area contributed by atoms with Gasteiger partial charge in [0.05, 0.1) is 11.9 Å². The zero-order valence-electron chi connectivity index (χ0n) is 11.5. The zero-order valence-corrected chi connectivity index (χ0v) is 12.3. The van der Waals surface area contributed by atoms with Crippen LogP contribution < -0.4 is 0 Å². The molecule has 1 fully saturated rings. The molecular weight excluding hydrogens is 266 g/mol. The smallest absolute Gasteiger partial charge is 0.323 e. The van der Waals surface area contributed by atoms with Crippen molar-refractivity contribution in [2.75, 3.05) is 31.2 Å². The minimum Gasteiger partial charge on any atom is -0.480 e. The monoisotopic (exact) mass is 289 g/mol. The lowest BCUT2D eigenvalue weighted by molar-refractivity contribution is -0.143. The largest absolute Gasteiger partial charge is 0.480 e. The number of aliphatic carboxylic acids is 1. The molecule has 0 aromatic rings. The summed E-state index contributed by atoms with van der Waals surface area (Å²) >= 11 is 1.54. The molecular formula is C13H23NO4S. The number of nitrogens with zero attached hydrogens (tertiary/aromatic N) is 1. The van der Waals surface area contributed by atoms with Gasteiger partial charge in [-0.3, -0.25) is 9.59 Å². The summed E-state index contributed by atoms with van der Waals surface area (Å²) in [6, 6.07) is 0. The van der Waals surface area contributed by atoms with Crippen molar-refractivity contribution in [2.24, 2.45) is 0 Å². The Morgan fingerprint density at radius 2 is 2.21 bits per heavy atom. The van der Waals surface area contributed by atoms with Crippen LogP contribution in [-0.4, -0.2) is 59.2 Å². The molecule has 0 aromatic heterocycles. The minimum atomic E-state index is -0.956. The van der Waals surface area contributed by atoms with Crippen molar-refractivity contribution in [3.05, 3.63) is 0 Å². The zero-order chi connectivity index (χ0) is 14.1. The second-order valence-corrected chi connectivity index (χ2v) is 5.74. The summed E-state index contributed by atoms with van der Waals surface area (Å²) in [6.45, 7) is 3.06. The van der Waals surface area contributed by atoms with Gasteiger partial charge in [0, 0.05) is 18.9 Å². The molecule has 0 spiro atoms. The van der Waals surface area contributed by atoms with Gasteiger partial charge in [0.25, 0.3) is 0 Å². The van der Waals surface area contributed by atoms with Gasteiger partial charge in [-0.25, -0.2) is 0 Å². The van der Waals surface area contributed by atoms with Gasteiger partial charge in [-0.2, -0.15) is 0 Å². The molecule has 0 aromatic carbocycles. The van der Waals surface area contributed by atoms with Crippen LogP contribution in [0.5, 0.6) is 0 Å². The lowest BCUT2D eigenvalue weighted by atomic mass is 10.1. The number of hydrogen-bond acceptors (Lipinski definition) is 4. The van der Waals surface area contributed by atoms with E-state index in [0.29, 0.717) is 12.3 Å². The summed E-state index contributed by atoms with van der Waals surface area (Å²) in [6.07, 6.45) is 4.42. The Morgan fingerprint density at radius 1 is 1.42 bits per heavy atom. The molecule has 1 atom stereocenters. The van der Waals surface area contributed by atoms with Gasteiger partial charge in [-0.05, 0) is 25.7 Å². The Hall–Kier alpha value is -0.750. The number of thioether (sulfide) groups is 1. The Bertz CT molecular complexity index is 292. The third-order valence-electron chi connectivity index (χ3n) is 2.98. The van der Waals surface area contributed by atoms with E-state index in [-0.39, 0.29) is 18.6 Å². The summed E-state index contributed by atoms with van der Waals surface area (Å²) in [4.78, 5) is 24.0. The predicted octanol–water partition coefficient (Wildman–Crippen LogP) is 1.61. The van der Waals surface area contributed by atoms with Gasteiger partial charge >= 0.3 is 5.97 Å². The van der Waals surface area contributed by atoms with Gasteiger partial charge < -0.3 is 14.7 Å². The van der Waals surface area contributed by atoms with Crippen molar-refractivity contribution >= 4 is 23.6 Å². The van der Waals surface area contributed by atoms with Crippen LogP contribution in [0, 0.1) is 0 Å². The highest BCUT2D eigenvalue weighted by Crippen LogP contribution is 2.17. The van der Waals surface area contributed by atoms with Crippen molar-refractivity contribution in [1.29, 1.82) is 0 Å². The second kappa shape index (κ2) is 9.20. The van der Waals surface area contributed by atoms with E-state index in [1.54, 1.807) is 11.8 Å². The minimum absolute atomic E-state index is 0.0925. The van der Waals surface area contributed by atoms with E-state index >= 15 is 0 Å². The van der Waals surface area contributed by atoms with Gasteiger partial charge in [0.1, 0.15) is 6.54 Å². The molecule has 0 bridgehead atoms. The van der Waals surface area contributed by atoms with Crippen LogP contribution in [0.1, 0.15) is 32.6 Å². The van der Waals surface area contributed by atoms with E-state index in [4.69, 9.17) is 9.84 Å². The molecule has 1 heterocycles. The van der Waals surface area contributed by atoms with Gasteiger partial charge in [0.15, 0.2) is 0 Å². The fraction of sp³-hybridized carbons (Fsp3) is 0.846. The molecule has 110 valence electrons. The first-order chi connectivity index (χ1) is 9.13. The highest BCUT2D eigenvalue weighted by molar-refractivity contribution is 7.99. The second-order valence-electron chi connectivity index (χ2n) is 4.71. The van der Waals surface area contributed by atoms with Crippen molar-refractivity contribution < 1.29 is 19.4 Å². The van der Waals surface area contributed by atoms with Gasteiger partial charge in [-0.15, -0.1) is 11.8 Å². The normalized spacial score (nSPS) is 19.1. The van der Waals surface area contributed by atoms with Crippen molar-refractivity contribution in [2.45, 2.75) is 38.7 Å². The number of rotatable bonds is 8. The number of carboxylic acid groups (broad SMARTS) is 1. The number of amides is 1. The average Bonchev–Trinajstić information content (AvgIpc) is 2.39. The molecule has 1 saturated heterocycles. The molecule has 0 radical (unpaired) electrons. The SMILES string of the molecule is CCCN(CC(=O)O)C(=O)CSCC1CCCCO1. The number of carbonyl (C=O) groups is 2. The third kappa shape index (κ3) is 6.82. The van der Waals surface area contributed by atoms with Crippen LogP contribution in [0.4, 0.5) is 0 Å². The van der Waals surface area contributed by atoms with Crippen molar-refractivity contribution in [3.63, 3.8) is 0 Å². The highest BCUT2D eigenvalue weighted by atomic mass is 32.2. The topological polar surface area (TPSA) is 66.8 Å². The standard InChI is InChI=1S/C13H23NO4S/c1-2-6-14(8-13(16)17)12(15)10-19-9-11-5-3-4-7-18-11/h11H,2-10H2,1H3,(H,16,17). The van der Waals surface area contributed by atoms with E-state index in [1.165, 1.54) is 11.3 Å². The van der Waals surface area contributed by atoms with Crippen LogP contribution in [0.25, 0.3) is 0 Å². The van der Waals surface area contributed by atoms with E-state index in [9.17, 15) is 9.59 Å². The number of carbonyl (C=O) groups excluding carboxylic acids is 1. The summed E-state index contributed by atoms with van der Waals surface area (Å²) in [5.41, 5.74) is 0. The summed E-state index contributed by atoms with van der Waals surface area (Å²) in [7, 11) is 0. The third-order valence-corrected chi connectivity index (χ3v) is 4.03. The average molecular weight is 289 g/mol. The van der Waals surface area contributed by atoms with Gasteiger partial charge in [-0.1, -0.05) is 6.92 Å². The fourth-order valence-corrected chi connectivity index (χ4v) is 3.03. The molecule has 5 nitrogen and oxygen atoms in total. The number of ether oxygens (including phenoxy) is 1. The molecule has 1 rings (SSSR count). The lowest BCUT2D eigenvalue weighted by Gasteiger charge is -2.23. The molecule has 1 amide bonds. The van der Waals surface area contributed by atoms with Crippen LogP contribution in [0.3, 0.4) is 0 Å². The number of hydrogen-bond donors (Lipinski definition) is 1. The van der Waals surface area contributed by atoms with Gasteiger partial charge in [0.2, 0.25) is 5.91 Å². The molecule has 1 aliphatic rings. The first kappa shape index (κ1) is 16.3. The van der Waals surface area contributed by atoms with E-state index < -0.39 is 5.97 Å². The summed E-state index contributed by atoms with van der Waals surface area (Å²) in [5.74, 6) is 0.110. The molecule has 0 aliphatic carbocycles. The Morgan fingerprint density at radius 3 is 2.79 bits per heavy atom. The van der Waals surface area contributed by atoms with Crippen LogP contribution >= 0.6 is 11.8 Å². The molecule has 6 heteroatoms. The number of carboxylic acids is 1. The maximum atomic E-state index is 11.9. The van der Waals surface area contributed by atoms with E-state index in [1.807, 2.05) is 6.92 Å². The fourth-order valence-electron chi connectivity index (χ4n) is 2.03. The molecule has 0 saturated carbocycles. The van der Waals surface area contributed by atoms with E-state index in [0.717, 1.165) is 31.6 Å². The first-order valence-electron chi connectivity index (χ1n) is 6.82. The Balaban J connectivity index is 2.24. The molecule has 1 N–H and O–H groups in total. The predicted molar refractivity (Wildman–Crippen MR) is 75.4 cm³/mol. The van der Waals surface area contributed by atoms with Crippen molar-refractivity contribution in [3.8, 4) is 0 Å². The maximum Gasteiger partial charge on any atom is 0.323 e. The van der Waals surface area contributed by atoms with Crippen molar-refractivity contribution in [1.82, 2.24) is 4.90 Å². The molecule has 1 aliphatic heterocycles. The summed E-state index contributed by atoms with van der Waals surface area (Å²) < 4.78 is 5.59. The first-order valence-corrected chi connectivity index (χ1v) is 7.98. The Kier molecular flexibility index (Phi) is 7.90. The highest BCUT2D eigenvalue weighted by Gasteiger charge is 2.18. The Labute approximate surface area is 118 Å². The van der Waals surface area contributed by atoms with Crippen LogP contribution in [0.15, 0.2) is 0 Å².